The van der Waals surface area contributed by atoms with Gasteiger partial charge in [0.05, 0.1) is 26.5 Å². The van der Waals surface area contributed by atoms with Gasteiger partial charge >= 0.3 is 0 Å². The van der Waals surface area contributed by atoms with Gasteiger partial charge in [-0.15, -0.1) is 0 Å². The van der Waals surface area contributed by atoms with Crippen LogP contribution < -0.4 is 14.8 Å². The number of methoxy groups -OCH3 is 2. The van der Waals surface area contributed by atoms with Crippen molar-refractivity contribution in [2.75, 3.05) is 34.0 Å². The Balaban J connectivity index is 2.52. The van der Waals surface area contributed by atoms with Gasteiger partial charge in [-0.05, 0) is 6.92 Å². The molecule has 0 fully saturated rings. The lowest BCUT2D eigenvalue weighted by Gasteiger charge is -2.12. The number of hydrogen-bond acceptors (Lipinski definition) is 5. The van der Waals surface area contributed by atoms with Crippen LogP contribution in [0.4, 0.5) is 0 Å². The van der Waals surface area contributed by atoms with Gasteiger partial charge < -0.3 is 19.5 Å². The minimum atomic E-state index is 0.632. The van der Waals surface area contributed by atoms with Gasteiger partial charge in [0.15, 0.2) is 11.5 Å². The van der Waals surface area contributed by atoms with Gasteiger partial charge in [-0.1, -0.05) is 0 Å². The highest BCUT2D eigenvalue weighted by molar-refractivity contribution is 5.42. The van der Waals surface area contributed by atoms with Crippen molar-refractivity contribution in [2.24, 2.45) is 0 Å². The van der Waals surface area contributed by atoms with Gasteiger partial charge in [0.2, 0.25) is 0 Å². The van der Waals surface area contributed by atoms with E-state index in [-0.39, 0.29) is 0 Å². The maximum Gasteiger partial charge on any atom is 0.183 e. The van der Waals surface area contributed by atoms with E-state index in [0.29, 0.717) is 24.7 Å². The molecule has 0 bridgehead atoms. The molecule has 0 amide bonds. The molecule has 1 aromatic heterocycles. The summed E-state index contributed by atoms with van der Waals surface area (Å²) in [5, 5.41) is 3.24. The molecule has 1 N–H and O–H groups in total. The average molecular weight is 240 g/mol. The zero-order valence-electron chi connectivity index (χ0n) is 10.7. The second-order valence-electron chi connectivity index (χ2n) is 3.37. The summed E-state index contributed by atoms with van der Waals surface area (Å²) in [5.41, 5.74) is 0.836. The van der Waals surface area contributed by atoms with Gasteiger partial charge in [-0.3, -0.25) is 4.98 Å². The molecule has 0 aromatic carbocycles. The third kappa shape index (κ3) is 4.20. The van der Waals surface area contributed by atoms with Crippen molar-refractivity contribution in [2.45, 2.75) is 13.5 Å². The van der Waals surface area contributed by atoms with Crippen LogP contribution in [-0.2, 0) is 11.3 Å². The molecule has 5 heteroatoms. The molecule has 17 heavy (non-hydrogen) atoms. The fourth-order valence-electron chi connectivity index (χ4n) is 1.47. The Hall–Kier alpha value is -1.33. The highest BCUT2D eigenvalue weighted by Gasteiger charge is 2.09. The highest BCUT2D eigenvalue weighted by atomic mass is 16.5. The van der Waals surface area contributed by atoms with Crippen molar-refractivity contribution in [1.82, 2.24) is 10.3 Å². The molecule has 5 nitrogen and oxygen atoms in total. The lowest BCUT2D eigenvalue weighted by Crippen LogP contribution is -2.20. The van der Waals surface area contributed by atoms with Crippen molar-refractivity contribution < 1.29 is 14.2 Å². The van der Waals surface area contributed by atoms with Crippen molar-refractivity contribution >= 4 is 0 Å². The summed E-state index contributed by atoms with van der Waals surface area (Å²) in [5.74, 6) is 1.38. The molecular formula is C12H20N2O3. The van der Waals surface area contributed by atoms with Crippen molar-refractivity contribution in [1.29, 1.82) is 0 Å². The van der Waals surface area contributed by atoms with Crippen LogP contribution in [0.5, 0.6) is 11.5 Å². The Morgan fingerprint density at radius 2 is 2.12 bits per heavy atom. The van der Waals surface area contributed by atoms with E-state index < -0.39 is 0 Å². The SMILES string of the molecule is CCOCCNCc1nccc(OC)c1OC. The second kappa shape index (κ2) is 7.86. The molecule has 0 saturated carbocycles. The number of nitrogens with one attached hydrogen (secondary N) is 1. The number of nitrogens with zero attached hydrogens (tertiary/aromatic N) is 1. The molecule has 1 rings (SSSR count). The highest BCUT2D eigenvalue weighted by Crippen LogP contribution is 2.28. The van der Waals surface area contributed by atoms with Gasteiger partial charge in [0.1, 0.15) is 0 Å². The molecule has 0 atom stereocenters. The summed E-state index contributed by atoms with van der Waals surface area (Å²) in [7, 11) is 3.23. The maximum atomic E-state index is 5.29. The van der Waals surface area contributed by atoms with Crippen LogP contribution in [0.15, 0.2) is 12.3 Å². The lowest BCUT2D eigenvalue weighted by atomic mass is 10.3. The van der Waals surface area contributed by atoms with E-state index in [2.05, 4.69) is 10.3 Å². The molecule has 0 unspecified atom stereocenters. The molecule has 96 valence electrons. The summed E-state index contributed by atoms with van der Waals surface area (Å²) in [6.07, 6.45) is 1.71. The standard InChI is InChI=1S/C12H20N2O3/c1-4-17-8-7-13-9-10-12(16-3)11(15-2)5-6-14-10/h5-6,13H,4,7-9H2,1-3H3. The van der Waals surface area contributed by atoms with E-state index >= 15 is 0 Å². The summed E-state index contributed by atoms with van der Waals surface area (Å²) in [6, 6.07) is 1.78. The number of hydrogen-bond donors (Lipinski definition) is 1. The number of rotatable bonds is 8. The zero-order valence-corrected chi connectivity index (χ0v) is 10.7. The van der Waals surface area contributed by atoms with Crippen molar-refractivity contribution in [3.63, 3.8) is 0 Å². The monoisotopic (exact) mass is 240 g/mol. The fraction of sp³-hybridized carbons (Fsp3) is 0.583. The normalized spacial score (nSPS) is 10.3. The van der Waals surface area contributed by atoms with E-state index in [0.717, 1.165) is 18.8 Å². The Bertz CT molecular complexity index is 332. The number of aromatic nitrogens is 1. The molecule has 0 aliphatic carbocycles. The maximum absolute atomic E-state index is 5.29. The predicted octanol–water partition coefficient (Wildman–Crippen LogP) is 1.22. The van der Waals surface area contributed by atoms with Crippen LogP contribution in [-0.4, -0.2) is 39.0 Å². The minimum absolute atomic E-state index is 0.632. The summed E-state index contributed by atoms with van der Waals surface area (Å²) in [6.45, 7) is 4.83. The van der Waals surface area contributed by atoms with Crippen LogP contribution in [0.1, 0.15) is 12.6 Å². The Labute approximate surface area is 102 Å². The Morgan fingerprint density at radius 1 is 1.29 bits per heavy atom. The van der Waals surface area contributed by atoms with Gasteiger partial charge in [0, 0.05) is 32.0 Å². The summed E-state index contributed by atoms with van der Waals surface area (Å²) >= 11 is 0. The zero-order chi connectivity index (χ0) is 12.5. The average Bonchev–Trinajstić information content (AvgIpc) is 2.38. The van der Waals surface area contributed by atoms with Crippen LogP contribution in [0.25, 0.3) is 0 Å². The molecule has 0 saturated heterocycles. The van der Waals surface area contributed by atoms with Crippen LogP contribution in [0, 0.1) is 0 Å². The predicted molar refractivity (Wildman–Crippen MR) is 65.5 cm³/mol. The first-order valence-corrected chi connectivity index (χ1v) is 5.67. The molecule has 0 aliphatic rings. The van der Waals surface area contributed by atoms with E-state index in [9.17, 15) is 0 Å². The summed E-state index contributed by atoms with van der Waals surface area (Å²) < 4.78 is 15.7. The van der Waals surface area contributed by atoms with Gasteiger partial charge in [-0.25, -0.2) is 0 Å². The number of pyridine rings is 1. The van der Waals surface area contributed by atoms with Crippen LogP contribution >= 0.6 is 0 Å². The third-order valence-electron chi connectivity index (χ3n) is 2.29. The topological polar surface area (TPSA) is 52.6 Å². The van der Waals surface area contributed by atoms with Gasteiger partial charge in [0.25, 0.3) is 0 Å². The molecule has 1 aromatic rings. The van der Waals surface area contributed by atoms with Crippen molar-refractivity contribution in [3.8, 4) is 11.5 Å². The third-order valence-corrected chi connectivity index (χ3v) is 2.29. The largest absolute Gasteiger partial charge is 0.493 e. The lowest BCUT2D eigenvalue weighted by molar-refractivity contribution is 0.149. The molecular weight excluding hydrogens is 220 g/mol. The first kappa shape index (κ1) is 13.7. The van der Waals surface area contributed by atoms with E-state index in [1.54, 1.807) is 26.5 Å². The minimum Gasteiger partial charge on any atom is -0.493 e. The molecule has 0 radical (unpaired) electrons. The first-order valence-electron chi connectivity index (χ1n) is 5.67. The smallest absolute Gasteiger partial charge is 0.183 e. The summed E-state index contributed by atoms with van der Waals surface area (Å²) in [4.78, 5) is 4.27. The van der Waals surface area contributed by atoms with Crippen LogP contribution in [0.2, 0.25) is 0 Å². The Morgan fingerprint density at radius 3 is 2.76 bits per heavy atom. The van der Waals surface area contributed by atoms with Crippen LogP contribution in [0.3, 0.4) is 0 Å². The van der Waals surface area contributed by atoms with E-state index in [1.165, 1.54) is 0 Å². The first-order chi connectivity index (χ1) is 8.33. The van der Waals surface area contributed by atoms with E-state index in [1.807, 2.05) is 6.92 Å². The fourth-order valence-corrected chi connectivity index (χ4v) is 1.47. The van der Waals surface area contributed by atoms with Gasteiger partial charge in [-0.2, -0.15) is 0 Å². The molecule has 0 aliphatic heterocycles. The quantitative estimate of drug-likeness (QED) is 0.692. The van der Waals surface area contributed by atoms with E-state index in [4.69, 9.17) is 14.2 Å². The second-order valence-corrected chi connectivity index (χ2v) is 3.37. The van der Waals surface area contributed by atoms with Crippen molar-refractivity contribution in [3.05, 3.63) is 18.0 Å². The number of ether oxygens (including phenoxy) is 3. The molecule has 1 heterocycles. The Kier molecular flexibility index (Phi) is 6.35. The molecule has 0 spiro atoms.